The summed E-state index contributed by atoms with van der Waals surface area (Å²) in [7, 11) is 0. The van der Waals surface area contributed by atoms with Crippen molar-refractivity contribution in [3.8, 4) is 0 Å². The summed E-state index contributed by atoms with van der Waals surface area (Å²) >= 11 is 1.81. The fourth-order valence-corrected chi connectivity index (χ4v) is 3.15. The molecule has 1 aromatic heterocycles. The number of hydrogen-bond acceptors (Lipinski definition) is 3. The first kappa shape index (κ1) is 14.8. The highest BCUT2D eigenvalue weighted by atomic mass is 32.1. The molecule has 0 spiro atoms. The molecule has 2 rings (SSSR count). The van der Waals surface area contributed by atoms with Crippen molar-refractivity contribution in [2.24, 2.45) is 0 Å². The maximum Gasteiger partial charge on any atom is 0.307 e. The van der Waals surface area contributed by atoms with Gasteiger partial charge in [-0.15, -0.1) is 11.3 Å². The van der Waals surface area contributed by atoms with Gasteiger partial charge in [-0.25, -0.2) is 0 Å². The molecule has 0 radical (unpaired) electrons. The van der Waals surface area contributed by atoms with Gasteiger partial charge in [0.15, 0.2) is 0 Å². The number of thiophene rings is 1. The molecular formula is C16H19NO2S. The van der Waals surface area contributed by atoms with Crippen LogP contribution in [0.5, 0.6) is 0 Å². The molecule has 0 bridgehead atoms. The average Bonchev–Trinajstić information content (AvgIpc) is 2.70. The van der Waals surface area contributed by atoms with E-state index < -0.39 is 5.97 Å². The van der Waals surface area contributed by atoms with Crippen LogP contribution in [0.3, 0.4) is 0 Å². The molecule has 20 heavy (non-hydrogen) atoms. The van der Waals surface area contributed by atoms with Crippen LogP contribution in [0.15, 0.2) is 30.3 Å². The third kappa shape index (κ3) is 3.92. The lowest BCUT2D eigenvalue weighted by molar-refractivity contribution is -0.136. The van der Waals surface area contributed by atoms with Crippen molar-refractivity contribution in [2.45, 2.75) is 33.4 Å². The van der Waals surface area contributed by atoms with Gasteiger partial charge in [0.1, 0.15) is 0 Å². The van der Waals surface area contributed by atoms with Crippen molar-refractivity contribution in [2.75, 3.05) is 0 Å². The molecule has 0 amide bonds. The number of benzene rings is 1. The van der Waals surface area contributed by atoms with Crippen molar-refractivity contribution in [3.63, 3.8) is 0 Å². The Bertz CT molecular complexity index is 585. The maximum absolute atomic E-state index is 10.8. The Labute approximate surface area is 123 Å². The van der Waals surface area contributed by atoms with E-state index in [0.29, 0.717) is 6.54 Å². The Morgan fingerprint density at radius 1 is 1.20 bits per heavy atom. The Morgan fingerprint density at radius 3 is 2.50 bits per heavy atom. The van der Waals surface area contributed by atoms with Gasteiger partial charge in [-0.1, -0.05) is 24.3 Å². The number of nitrogens with one attached hydrogen (secondary N) is 1. The second-order valence-electron chi connectivity index (χ2n) is 4.89. The third-order valence-corrected chi connectivity index (χ3v) is 4.44. The van der Waals surface area contributed by atoms with Gasteiger partial charge in [-0.2, -0.15) is 0 Å². The zero-order chi connectivity index (χ0) is 14.5. The van der Waals surface area contributed by atoms with Crippen LogP contribution in [0.1, 0.15) is 26.4 Å². The monoisotopic (exact) mass is 289 g/mol. The molecule has 3 nitrogen and oxygen atoms in total. The van der Waals surface area contributed by atoms with Crippen LogP contribution in [0.25, 0.3) is 0 Å². The van der Waals surface area contributed by atoms with Gasteiger partial charge in [0.05, 0.1) is 6.42 Å². The lowest BCUT2D eigenvalue weighted by Crippen LogP contribution is -2.14. The zero-order valence-corrected chi connectivity index (χ0v) is 12.6. The second kappa shape index (κ2) is 6.68. The maximum atomic E-state index is 10.8. The van der Waals surface area contributed by atoms with E-state index in [1.807, 2.05) is 35.6 Å². The van der Waals surface area contributed by atoms with E-state index in [2.05, 4.69) is 25.2 Å². The predicted octanol–water partition coefficient (Wildman–Crippen LogP) is 3.28. The SMILES string of the molecule is Cc1cc(CNCc2ccccc2CC(=O)O)sc1C. The van der Waals surface area contributed by atoms with E-state index >= 15 is 0 Å². The van der Waals surface area contributed by atoms with Crippen molar-refractivity contribution in [1.82, 2.24) is 5.32 Å². The van der Waals surface area contributed by atoms with Crippen molar-refractivity contribution < 1.29 is 9.90 Å². The molecule has 0 unspecified atom stereocenters. The van der Waals surface area contributed by atoms with Gasteiger partial charge in [0, 0.05) is 22.8 Å². The summed E-state index contributed by atoms with van der Waals surface area (Å²) in [4.78, 5) is 13.5. The summed E-state index contributed by atoms with van der Waals surface area (Å²) in [6.45, 7) is 5.77. The van der Waals surface area contributed by atoms with Gasteiger partial charge < -0.3 is 10.4 Å². The third-order valence-electron chi connectivity index (χ3n) is 3.29. The number of carboxylic acids is 1. The smallest absolute Gasteiger partial charge is 0.307 e. The highest BCUT2D eigenvalue weighted by Gasteiger charge is 2.06. The lowest BCUT2D eigenvalue weighted by Gasteiger charge is -2.08. The standard InChI is InChI=1S/C16H19NO2S/c1-11-7-15(20-12(11)2)10-17-9-14-6-4-3-5-13(14)8-16(18)19/h3-7,17H,8-10H2,1-2H3,(H,18,19). The molecule has 1 aromatic carbocycles. The lowest BCUT2D eigenvalue weighted by atomic mass is 10.0. The summed E-state index contributed by atoms with van der Waals surface area (Å²) in [6.07, 6.45) is 0.0784. The Balaban J connectivity index is 1.95. The van der Waals surface area contributed by atoms with Crippen LogP contribution >= 0.6 is 11.3 Å². The van der Waals surface area contributed by atoms with Crippen molar-refractivity contribution in [3.05, 3.63) is 56.8 Å². The van der Waals surface area contributed by atoms with Crippen LogP contribution in [-0.2, 0) is 24.3 Å². The molecular weight excluding hydrogens is 270 g/mol. The molecule has 0 aliphatic carbocycles. The van der Waals surface area contributed by atoms with Crippen LogP contribution in [0, 0.1) is 13.8 Å². The van der Waals surface area contributed by atoms with Crippen molar-refractivity contribution in [1.29, 1.82) is 0 Å². The van der Waals surface area contributed by atoms with Crippen molar-refractivity contribution >= 4 is 17.3 Å². The first-order valence-corrected chi connectivity index (χ1v) is 7.43. The van der Waals surface area contributed by atoms with Crippen LogP contribution in [0.4, 0.5) is 0 Å². The molecule has 0 aliphatic rings. The highest BCUT2D eigenvalue weighted by molar-refractivity contribution is 7.12. The van der Waals surface area contributed by atoms with E-state index in [9.17, 15) is 4.79 Å². The average molecular weight is 289 g/mol. The first-order chi connectivity index (χ1) is 9.56. The first-order valence-electron chi connectivity index (χ1n) is 6.61. The number of carboxylic acid groups (broad SMARTS) is 1. The van der Waals surface area contributed by atoms with E-state index in [1.54, 1.807) is 0 Å². The molecule has 0 atom stereocenters. The summed E-state index contributed by atoms with van der Waals surface area (Å²) in [5, 5.41) is 12.3. The molecule has 2 N–H and O–H groups in total. The minimum atomic E-state index is -0.790. The van der Waals surface area contributed by atoms with E-state index in [1.165, 1.54) is 15.3 Å². The van der Waals surface area contributed by atoms with Crippen LogP contribution in [-0.4, -0.2) is 11.1 Å². The summed E-state index contributed by atoms with van der Waals surface area (Å²) < 4.78 is 0. The Hall–Kier alpha value is -1.65. The van der Waals surface area contributed by atoms with Gasteiger partial charge in [-0.05, 0) is 36.6 Å². The quantitative estimate of drug-likeness (QED) is 0.858. The largest absolute Gasteiger partial charge is 0.481 e. The normalized spacial score (nSPS) is 10.7. The van der Waals surface area contributed by atoms with E-state index in [4.69, 9.17) is 5.11 Å². The number of rotatable bonds is 6. The Morgan fingerprint density at radius 2 is 1.90 bits per heavy atom. The zero-order valence-electron chi connectivity index (χ0n) is 11.8. The number of hydrogen-bond donors (Lipinski definition) is 2. The molecule has 0 aliphatic heterocycles. The molecule has 0 fully saturated rings. The molecule has 1 heterocycles. The topological polar surface area (TPSA) is 49.3 Å². The number of carbonyl (C=O) groups is 1. The minimum Gasteiger partial charge on any atom is -0.481 e. The highest BCUT2D eigenvalue weighted by Crippen LogP contribution is 2.20. The molecule has 0 saturated heterocycles. The van der Waals surface area contributed by atoms with Gasteiger partial charge in [-0.3, -0.25) is 4.79 Å². The van der Waals surface area contributed by atoms with E-state index in [0.717, 1.165) is 17.7 Å². The van der Waals surface area contributed by atoms with Crippen LogP contribution < -0.4 is 5.32 Å². The molecule has 4 heteroatoms. The molecule has 0 saturated carbocycles. The minimum absolute atomic E-state index is 0.0784. The van der Waals surface area contributed by atoms with E-state index in [-0.39, 0.29) is 6.42 Å². The van der Waals surface area contributed by atoms with Gasteiger partial charge >= 0.3 is 5.97 Å². The Kier molecular flexibility index (Phi) is 4.93. The summed E-state index contributed by atoms with van der Waals surface area (Å²) in [5.74, 6) is -0.790. The fraction of sp³-hybridized carbons (Fsp3) is 0.312. The summed E-state index contributed by atoms with van der Waals surface area (Å²) in [6, 6.07) is 9.90. The summed E-state index contributed by atoms with van der Waals surface area (Å²) in [5.41, 5.74) is 3.27. The molecule has 2 aromatic rings. The number of aliphatic carboxylic acids is 1. The number of aryl methyl sites for hydroxylation is 2. The molecule has 106 valence electrons. The van der Waals surface area contributed by atoms with Crippen LogP contribution in [0.2, 0.25) is 0 Å². The second-order valence-corrected chi connectivity index (χ2v) is 6.24. The predicted molar refractivity (Wildman–Crippen MR) is 82.1 cm³/mol. The van der Waals surface area contributed by atoms with Gasteiger partial charge in [0.25, 0.3) is 0 Å². The fourth-order valence-electron chi connectivity index (χ4n) is 2.12. The van der Waals surface area contributed by atoms with Gasteiger partial charge in [0.2, 0.25) is 0 Å².